The molecule has 2 atom stereocenters. The summed E-state index contributed by atoms with van der Waals surface area (Å²) in [5.41, 5.74) is 1.17. The second kappa shape index (κ2) is 6.48. The van der Waals surface area contributed by atoms with Crippen LogP contribution in [0.4, 0.5) is 0 Å². The highest BCUT2D eigenvalue weighted by molar-refractivity contribution is 5.04. The van der Waals surface area contributed by atoms with Gasteiger partial charge < -0.3 is 4.74 Å². The fourth-order valence-electron chi connectivity index (χ4n) is 3.25. The Kier molecular flexibility index (Phi) is 4.45. The van der Waals surface area contributed by atoms with Crippen LogP contribution in [0.25, 0.3) is 0 Å². The second-order valence-electron chi connectivity index (χ2n) is 5.68. The van der Waals surface area contributed by atoms with Crippen LogP contribution in [0.1, 0.15) is 12.1 Å². The fraction of sp³-hybridized carbons (Fsp3) is 0.562. The Bertz CT molecular complexity index is 437. The summed E-state index contributed by atoms with van der Waals surface area (Å²) in [4.78, 5) is 9.51. The molecular weight excluding hydrogens is 250 g/mol. The zero-order chi connectivity index (χ0) is 13.8. The van der Waals surface area contributed by atoms with Crippen LogP contribution in [0.2, 0.25) is 0 Å². The highest BCUT2D eigenvalue weighted by Crippen LogP contribution is 2.24. The van der Waals surface area contributed by atoms with E-state index in [4.69, 9.17) is 4.74 Å². The largest absolute Gasteiger partial charge is 0.373 e. The van der Waals surface area contributed by atoms with Crippen molar-refractivity contribution in [3.05, 3.63) is 42.7 Å². The van der Waals surface area contributed by atoms with Gasteiger partial charge in [-0.15, -0.1) is 6.58 Å². The van der Waals surface area contributed by atoms with Gasteiger partial charge >= 0.3 is 0 Å². The predicted molar refractivity (Wildman–Crippen MR) is 79.4 cm³/mol. The molecule has 2 aliphatic rings. The summed E-state index contributed by atoms with van der Waals surface area (Å²) in [6, 6.07) is 6.78. The monoisotopic (exact) mass is 273 g/mol. The third-order valence-corrected chi connectivity index (χ3v) is 4.22. The van der Waals surface area contributed by atoms with Gasteiger partial charge in [-0.2, -0.15) is 0 Å². The van der Waals surface area contributed by atoms with Crippen molar-refractivity contribution in [2.75, 3.05) is 32.8 Å². The van der Waals surface area contributed by atoms with Gasteiger partial charge in [0.05, 0.1) is 18.4 Å². The molecule has 0 radical (unpaired) electrons. The summed E-state index contributed by atoms with van der Waals surface area (Å²) >= 11 is 0. The molecule has 108 valence electrons. The molecule has 3 rings (SSSR count). The normalized spacial score (nSPS) is 27.4. The zero-order valence-corrected chi connectivity index (χ0v) is 11.9. The van der Waals surface area contributed by atoms with Gasteiger partial charge in [-0.1, -0.05) is 12.1 Å². The lowest BCUT2D eigenvalue weighted by molar-refractivity contribution is 0.0757. The molecule has 1 aromatic heterocycles. The SMILES string of the molecule is C=CCOC1CC2CN(Cc3ccccn3)CCN2C1. The highest BCUT2D eigenvalue weighted by atomic mass is 16.5. The highest BCUT2D eigenvalue weighted by Gasteiger charge is 2.36. The Balaban J connectivity index is 1.52. The van der Waals surface area contributed by atoms with Crippen LogP contribution < -0.4 is 0 Å². The number of aromatic nitrogens is 1. The summed E-state index contributed by atoms with van der Waals surface area (Å²) in [7, 11) is 0. The lowest BCUT2D eigenvalue weighted by Gasteiger charge is -2.37. The third kappa shape index (κ3) is 3.26. The lowest BCUT2D eigenvalue weighted by Crippen LogP contribution is -2.49. The Morgan fingerprint density at radius 2 is 2.30 bits per heavy atom. The molecule has 2 aliphatic heterocycles. The molecule has 2 fully saturated rings. The van der Waals surface area contributed by atoms with E-state index in [-0.39, 0.29) is 0 Å². The van der Waals surface area contributed by atoms with Gasteiger partial charge in [0.15, 0.2) is 0 Å². The summed E-state index contributed by atoms with van der Waals surface area (Å²) in [5, 5.41) is 0. The zero-order valence-electron chi connectivity index (χ0n) is 11.9. The van der Waals surface area contributed by atoms with Crippen LogP contribution in [0.15, 0.2) is 37.1 Å². The first-order valence-electron chi connectivity index (χ1n) is 7.44. The Labute approximate surface area is 121 Å². The van der Waals surface area contributed by atoms with Crippen molar-refractivity contribution in [1.29, 1.82) is 0 Å². The number of hydrogen-bond donors (Lipinski definition) is 0. The van der Waals surface area contributed by atoms with Crippen LogP contribution in [0, 0.1) is 0 Å². The number of pyridine rings is 1. The first kappa shape index (κ1) is 13.7. The Morgan fingerprint density at radius 1 is 1.35 bits per heavy atom. The smallest absolute Gasteiger partial charge is 0.0721 e. The van der Waals surface area contributed by atoms with Crippen molar-refractivity contribution in [3.63, 3.8) is 0 Å². The maximum Gasteiger partial charge on any atom is 0.0721 e. The maximum absolute atomic E-state index is 5.81. The molecule has 1 aromatic rings. The molecule has 4 nitrogen and oxygen atoms in total. The van der Waals surface area contributed by atoms with Crippen molar-refractivity contribution in [2.45, 2.75) is 25.1 Å². The van der Waals surface area contributed by atoms with Gasteiger partial charge in [0.2, 0.25) is 0 Å². The van der Waals surface area contributed by atoms with Crippen molar-refractivity contribution in [3.8, 4) is 0 Å². The first-order valence-corrected chi connectivity index (χ1v) is 7.44. The van der Waals surface area contributed by atoms with Crippen LogP contribution >= 0.6 is 0 Å². The Morgan fingerprint density at radius 3 is 3.10 bits per heavy atom. The molecule has 3 heterocycles. The van der Waals surface area contributed by atoms with E-state index in [0.717, 1.165) is 39.1 Å². The van der Waals surface area contributed by atoms with Gasteiger partial charge in [-0.25, -0.2) is 0 Å². The number of piperazine rings is 1. The van der Waals surface area contributed by atoms with Crippen LogP contribution in [-0.2, 0) is 11.3 Å². The standard InChI is InChI=1S/C16H23N3O/c1-2-9-20-16-10-15-12-18(7-8-19(15)13-16)11-14-5-3-4-6-17-14/h2-6,15-16H,1,7-13H2. The molecule has 4 heteroatoms. The number of fused-ring (bicyclic) bond motifs is 1. The van der Waals surface area contributed by atoms with E-state index < -0.39 is 0 Å². The van der Waals surface area contributed by atoms with E-state index in [1.54, 1.807) is 0 Å². The van der Waals surface area contributed by atoms with Crippen molar-refractivity contribution in [1.82, 2.24) is 14.8 Å². The molecule has 2 saturated heterocycles. The van der Waals surface area contributed by atoms with Crippen molar-refractivity contribution >= 4 is 0 Å². The molecule has 20 heavy (non-hydrogen) atoms. The molecule has 0 bridgehead atoms. The quantitative estimate of drug-likeness (QED) is 0.761. The minimum Gasteiger partial charge on any atom is -0.373 e. The average molecular weight is 273 g/mol. The molecule has 2 unspecified atom stereocenters. The van der Waals surface area contributed by atoms with E-state index in [1.165, 1.54) is 5.69 Å². The van der Waals surface area contributed by atoms with Gasteiger partial charge in [0, 0.05) is 45.0 Å². The van der Waals surface area contributed by atoms with E-state index in [2.05, 4.69) is 33.5 Å². The van der Waals surface area contributed by atoms with Gasteiger partial charge in [-0.3, -0.25) is 14.8 Å². The first-order chi connectivity index (χ1) is 9.85. The van der Waals surface area contributed by atoms with Gasteiger partial charge in [0.25, 0.3) is 0 Å². The molecule has 0 aromatic carbocycles. The topological polar surface area (TPSA) is 28.6 Å². The lowest BCUT2D eigenvalue weighted by atomic mass is 10.1. The predicted octanol–water partition coefficient (Wildman–Crippen LogP) is 1.54. The molecule has 0 amide bonds. The minimum absolute atomic E-state index is 0.382. The maximum atomic E-state index is 5.81. The number of rotatable bonds is 5. The van der Waals surface area contributed by atoms with Gasteiger partial charge in [0.1, 0.15) is 0 Å². The Hall–Kier alpha value is -1.23. The average Bonchev–Trinajstić information content (AvgIpc) is 2.88. The number of ether oxygens (including phenoxy) is 1. The minimum atomic E-state index is 0.382. The summed E-state index contributed by atoms with van der Waals surface area (Å²) in [6.45, 7) is 9.83. The molecule has 0 saturated carbocycles. The third-order valence-electron chi connectivity index (χ3n) is 4.22. The van der Waals surface area contributed by atoms with E-state index in [0.29, 0.717) is 18.8 Å². The van der Waals surface area contributed by atoms with Crippen LogP contribution in [0.5, 0.6) is 0 Å². The van der Waals surface area contributed by atoms with Crippen LogP contribution in [-0.4, -0.2) is 59.7 Å². The van der Waals surface area contributed by atoms with E-state index >= 15 is 0 Å². The molecule has 0 aliphatic carbocycles. The number of hydrogen-bond acceptors (Lipinski definition) is 4. The molecular formula is C16H23N3O. The van der Waals surface area contributed by atoms with Gasteiger partial charge in [-0.05, 0) is 18.6 Å². The summed E-state index contributed by atoms with van der Waals surface area (Å²) in [6.07, 6.45) is 5.24. The number of nitrogens with zero attached hydrogens (tertiary/aromatic N) is 3. The summed E-state index contributed by atoms with van der Waals surface area (Å²) < 4.78 is 5.81. The molecule has 0 N–H and O–H groups in total. The van der Waals surface area contributed by atoms with Crippen molar-refractivity contribution in [2.24, 2.45) is 0 Å². The van der Waals surface area contributed by atoms with Crippen LogP contribution in [0.3, 0.4) is 0 Å². The fourth-order valence-corrected chi connectivity index (χ4v) is 3.25. The second-order valence-corrected chi connectivity index (χ2v) is 5.68. The van der Waals surface area contributed by atoms with E-state index in [9.17, 15) is 0 Å². The summed E-state index contributed by atoms with van der Waals surface area (Å²) in [5.74, 6) is 0. The van der Waals surface area contributed by atoms with E-state index in [1.807, 2.05) is 18.3 Å². The molecule has 0 spiro atoms. The van der Waals surface area contributed by atoms with Crippen molar-refractivity contribution < 1.29 is 4.74 Å².